The minimum absolute atomic E-state index is 0.844. The summed E-state index contributed by atoms with van der Waals surface area (Å²) in [6.07, 6.45) is 4.10. The first-order chi connectivity index (χ1) is 7.34. The predicted octanol–water partition coefficient (Wildman–Crippen LogP) is 2.52. The van der Waals surface area contributed by atoms with E-state index >= 15 is 0 Å². The van der Waals surface area contributed by atoms with E-state index in [0.29, 0.717) is 0 Å². The summed E-state index contributed by atoms with van der Waals surface area (Å²) in [6.45, 7) is 2.93. The van der Waals surface area contributed by atoms with Crippen molar-refractivity contribution in [3.63, 3.8) is 0 Å². The van der Waals surface area contributed by atoms with Gasteiger partial charge >= 0.3 is 0 Å². The summed E-state index contributed by atoms with van der Waals surface area (Å²) in [5, 5.41) is 3.23. The molecule has 2 rings (SSSR count). The maximum atomic E-state index is 4.46. The highest BCUT2D eigenvalue weighted by molar-refractivity contribution is 5.84. The van der Waals surface area contributed by atoms with Crippen molar-refractivity contribution in [2.45, 2.75) is 19.8 Å². The summed E-state index contributed by atoms with van der Waals surface area (Å²) >= 11 is 0. The van der Waals surface area contributed by atoms with Crippen LogP contribution < -0.4 is 5.32 Å². The average molecular weight is 200 g/mol. The highest BCUT2D eigenvalue weighted by Gasteiger charge is 2.02. The van der Waals surface area contributed by atoms with Crippen LogP contribution in [-0.4, -0.2) is 12.4 Å². The van der Waals surface area contributed by atoms with Crippen molar-refractivity contribution >= 4 is 5.84 Å². The Bertz CT molecular complexity index is 377. The normalized spacial score (nSPS) is 15.3. The van der Waals surface area contributed by atoms with Crippen LogP contribution >= 0.6 is 0 Å². The summed E-state index contributed by atoms with van der Waals surface area (Å²) in [5.41, 5.74) is 2.66. The zero-order chi connectivity index (χ0) is 10.5. The zero-order valence-corrected chi connectivity index (χ0v) is 9.03. The Hall–Kier alpha value is -1.57. The van der Waals surface area contributed by atoms with Crippen molar-refractivity contribution in [1.29, 1.82) is 0 Å². The van der Waals surface area contributed by atoms with Gasteiger partial charge in [0.1, 0.15) is 5.84 Å². The van der Waals surface area contributed by atoms with Crippen LogP contribution in [0.3, 0.4) is 0 Å². The number of hydrogen-bond donors (Lipinski definition) is 1. The van der Waals surface area contributed by atoms with Crippen molar-refractivity contribution in [1.82, 2.24) is 5.32 Å². The molecule has 0 amide bonds. The first-order valence-corrected chi connectivity index (χ1v) is 5.34. The van der Waals surface area contributed by atoms with Crippen LogP contribution in [0.1, 0.15) is 18.9 Å². The molecule has 2 heteroatoms. The molecule has 0 atom stereocenters. The van der Waals surface area contributed by atoms with Crippen molar-refractivity contribution in [3.05, 3.63) is 47.7 Å². The van der Waals surface area contributed by atoms with E-state index in [1.807, 2.05) is 12.3 Å². The topological polar surface area (TPSA) is 24.4 Å². The average Bonchev–Trinajstić information content (AvgIpc) is 2.30. The van der Waals surface area contributed by atoms with Gasteiger partial charge in [-0.1, -0.05) is 30.3 Å². The molecule has 1 aliphatic heterocycles. The Morgan fingerprint density at radius 3 is 2.67 bits per heavy atom. The molecule has 0 spiro atoms. The van der Waals surface area contributed by atoms with E-state index in [2.05, 4.69) is 41.5 Å². The molecular weight excluding hydrogens is 184 g/mol. The third-order valence-electron chi connectivity index (χ3n) is 2.50. The Labute approximate surface area is 90.7 Å². The molecular formula is C13H16N2. The number of nitrogens with zero attached hydrogens (tertiary/aromatic N) is 1. The summed E-state index contributed by atoms with van der Waals surface area (Å²) in [5.74, 6) is 1.10. The number of rotatable bonds is 3. The van der Waals surface area contributed by atoms with Gasteiger partial charge in [0.2, 0.25) is 0 Å². The summed E-state index contributed by atoms with van der Waals surface area (Å²) in [6, 6.07) is 10.5. The highest BCUT2D eigenvalue weighted by atomic mass is 15.0. The van der Waals surface area contributed by atoms with Gasteiger partial charge < -0.3 is 5.32 Å². The lowest BCUT2D eigenvalue weighted by Gasteiger charge is -2.12. The zero-order valence-electron chi connectivity index (χ0n) is 9.03. The molecule has 0 fully saturated rings. The van der Waals surface area contributed by atoms with Crippen LogP contribution in [0, 0.1) is 0 Å². The van der Waals surface area contributed by atoms with Gasteiger partial charge in [0.05, 0.1) is 6.54 Å². The minimum atomic E-state index is 0.844. The molecule has 1 N–H and O–H groups in total. The van der Waals surface area contributed by atoms with Crippen molar-refractivity contribution in [2.75, 3.05) is 6.54 Å². The molecule has 0 saturated heterocycles. The Morgan fingerprint density at radius 1 is 1.20 bits per heavy atom. The maximum absolute atomic E-state index is 4.46. The number of hydrogen-bond acceptors (Lipinski definition) is 2. The summed E-state index contributed by atoms with van der Waals surface area (Å²) in [4.78, 5) is 4.46. The van der Waals surface area contributed by atoms with Gasteiger partial charge in [-0.25, -0.2) is 0 Å². The molecule has 15 heavy (non-hydrogen) atoms. The largest absolute Gasteiger partial charge is 0.350 e. The molecule has 0 bridgehead atoms. The van der Waals surface area contributed by atoms with Gasteiger partial charge in [-0.15, -0.1) is 0 Å². The molecule has 1 aliphatic rings. The first-order valence-electron chi connectivity index (χ1n) is 5.34. The molecule has 1 heterocycles. The van der Waals surface area contributed by atoms with E-state index in [-0.39, 0.29) is 0 Å². The fourth-order valence-corrected chi connectivity index (χ4v) is 1.58. The second-order valence-electron chi connectivity index (χ2n) is 3.88. The predicted molar refractivity (Wildman–Crippen MR) is 64.0 cm³/mol. The Kier molecular flexibility index (Phi) is 3.18. The number of amidine groups is 1. The van der Waals surface area contributed by atoms with Gasteiger partial charge in [0.25, 0.3) is 0 Å². The molecule has 1 aromatic carbocycles. The van der Waals surface area contributed by atoms with E-state index in [1.165, 1.54) is 11.1 Å². The van der Waals surface area contributed by atoms with E-state index in [0.717, 1.165) is 25.2 Å². The second-order valence-corrected chi connectivity index (χ2v) is 3.88. The van der Waals surface area contributed by atoms with Crippen molar-refractivity contribution < 1.29 is 0 Å². The molecule has 0 aromatic heterocycles. The van der Waals surface area contributed by atoms with E-state index in [4.69, 9.17) is 0 Å². The van der Waals surface area contributed by atoms with Crippen molar-refractivity contribution in [2.24, 2.45) is 4.99 Å². The summed E-state index contributed by atoms with van der Waals surface area (Å²) < 4.78 is 0. The lowest BCUT2D eigenvalue weighted by molar-refractivity contribution is 0.937. The second kappa shape index (κ2) is 4.78. The lowest BCUT2D eigenvalue weighted by atomic mass is 10.1. The lowest BCUT2D eigenvalue weighted by Crippen LogP contribution is -2.22. The number of benzene rings is 1. The number of aryl methyl sites for hydroxylation is 1. The molecule has 0 aliphatic carbocycles. The number of aliphatic imine (C=N–C) groups is 1. The minimum Gasteiger partial charge on any atom is -0.350 e. The molecule has 1 aromatic rings. The molecule has 0 saturated carbocycles. The van der Waals surface area contributed by atoms with Gasteiger partial charge in [-0.2, -0.15) is 0 Å². The Morgan fingerprint density at radius 2 is 2.00 bits per heavy atom. The molecule has 0 unspecified atom stereocenters. The monoisotopic (exact) mass is 200 g/mol. The molecule has 78 valence electrons. The van der Waals surface area contributed by atoms with Gasteiger partial charge in [-0.3, -0.25) is 4.99 Å². The van der Waals surface area contributed by atoms with Crippen LogP contribution in [0.5, 0.6) is 0 Å². The SMILES string of the molecule is CC1=CNC(CCc2ccccc2)=NC1. The van der Waals surface area contributed by atoms with E-state index < -0.39 is 0 Å². The quantitative estimate of drug-likeness (QED) is 0.796. The van der Waals surface area contributed by atoms with Crippen LogP contribution in [-0.2, 0) is 6.42 Å². The van der Waals surface area contributed by atoms with Crippen LogP contribution in [0.25, 0.3) is 0 Å². The maximum Gasteiger partial charge on any atom is 0.101 e. The smallest absolute Gasteiger partial charge is 0.101 e. The standard InChI is InChI=1S/C13H16N2/c1-11-9-14-13(15-10-11)8-7-12-5-3-2-4-6-12/h2-6,9H,7-8,10H2,1H3,(H,14,15). The van der Waals surface area contributed by atoms with Crippen LogP contribution in [0.4, 0.5) is 0 Å². The third-order valence-corrected chi connectivity index (χ3v) is 2.50. The molecule has 0 radical (unpaired) electrons. The van der Waals surface area contributed by atoms with Crippen LogP contribution in [0.15, 0.2) is 47.1 Å². The van der Waals surface area contributed by atoms with Gasteiger partial charge in [-0.05, 0) is 24.5 Å². The third kappa shape index (κ3) is 2.94. The number of nitrogens with one attached hydrogen (secondary N) is 1. The van der Waals surface area contributed by atoms with Gasteiger partial charge in [0, 0.05) is 12.6 Å². The van der Waals surface area contributed by atoms with Gasteiger partial charge in [0.15, 0.2) is 0 Å². The van der Waals surface area contributed by atoms with Crippen LogP contribution in [0.2, 0.25) is 0 Å². The Balaban J connectivity index is 1.85. The summed E-state index contributed by atoms with van der Waals surface area (Å²) in [7, 11) is 0. The van der Waals surface area contributed by atoms with Crippen molar-refractivity contribution in [3.8, 4) is 0 Å². The fourth-order valence-electron chi connectivity index (χ4n) is 1.58. The fraction of sp³-hybridized carbons (Fsp3) is 0.308. The van der Waals surface area contributed by atoms with E-state index in [1.54, 1.807) is 0 Å². The van der Waals surface area contributed by atoms with E-state index in [9.17, 15) is 0 Å². The highest BCUT2D eigenvalue weighted by Crippen LogP contribution is 2.05. The molecule has 2 nitrogen and oxygen atoms in total. The first kappa shape index (κ1) is 9.97.